The molecule has 0 unspecified atom stereocenters. The first kappa shape index (κ1) is 18.3. The van der Waals surface area contributed by atoms with Gasteiger partial charge in [0.1, 0.15) is 11.6 Å². The van der Waals surface area contributed by atoms with Gasteiger partial charge in [0.05, 0.1) is 17.8 Å². The van der Waals surface area contributed by atoms with Crippen molar-refractivity contribution >= 4 is 22.9 Å². The van der Waals surface area contributed by atoms with Crippen molar-refractivity contribution in [3.05, 3.63) is 47.3 Å². The van der Waals surface area contributed by atoms with E-state index in [-0.39, 0.29) is 0 Å². The normalized spacial score (nSPS) is 14.6. The lowest BCUT2D eigenvalue weighted by Gasteiger charge is -2.10. The third-order valence-electron chi connectivity index (χ3n) is 5.29. The van der Waals surface area contributed by atoms with Crippen LogP contribution in [0.25, 0.3) is 22.8 Å². The molecule has 146 valence electrons. The molecule has 0 spiro atoms. The van der Waals surface area contributed by atoms with E-state index < -0.39 is 5.97 Å². The van der Waals surface area contributed by atoms with Crippen LogP contribution in [-0.4, -0.2) is 32.0 Å². The number of benzene rings is 1. The number of ether oxygens (including phenoxy) is 1. The molecule has 28 heavy (non-hydrogen) atoms. The molecule has 1 aromatic carbocycles. The Bertz CT molecular complexity index is 1070. The highest BCUT2D eigenvalue weighted by molar-refractivity contribution is 5.93. The van der Waals surface area contributed by atoms with Crippen LogP contribution in [-0.2, 0) is 11.8 Å². The summed E-state index contributed by atoms with van der Waals surface area (Å²) in [5.74, 6) is 1.50. The molecule has 1 N–H and O–H groups in total. The standard InChI is InChI=1S/C22H25N3O3/c1-4-16(22(26)27)11-19-14(2)23-24(3)21(19)25-10-9-17-7-8-18(12-20(17)25)28-13-15-5-6-15/h7-12,15H,4-6,13H2,1-3H3,(H,26,27)/b16-11+. The number of aryl methyl sites for hydroxylation is 2. The van der Waals surface area contributed by atoms with Gasteiger partial charge >= 0.3 is 5.97 Å². The van der Waals surface area contributed by atoms with Crippen LogP contribution in [0, 0.1) is 12.8 Å². The summed E-state index contributed by atoms with van der Waals surface area (Å²) in [6, 6.07) is 8.16. The van der Waals surface area contributed by atoms with E-state index in [0.717, 1.165) is 40.3 Å². The minimum Gasteiger partial charge on any atom is -0.493 e. The summed E-state index contributed by atoms with van der Waals surface area (Å²) in [5.41, 5.74) is 3.00. The summed E-state index contributed by atoms with van der Waals surface area (Å²) in [7, 11) is 1.88. The maximum Gasteiger partial charge on any atom is 0.331 e. The number of hydrogen-bond donors (Lipinski definition) is 1. The van der Waals surface area contributed by atoms with E-state index in [4.69, 9.17) is 4.74 Å². The first-order valence-corrected chi connectivity index (χ1v) is 9.69. The van der Waals surface area contributed by atoms with E-state index in [1.807, 2.05) is 45.3 Å². The molecule has 6 nitrogen and oxygen atoms in total. The molecule has 2 aromatic heterocycles. The zero-order valence-corrected chi connectivity index (χ0v) is 16.5. The number of carboxylic acid groups (broad SMARTS) is 1. The van der Waals surface area contributed by atoms with Gasteiger partial charge < -0.3 is 14.4 Å². The molecule has 0 atom stereocenters. The van der Waals surface area contributed by atoms with Gasteiger partial charge in [-0.2, -0.15) is 5.10 Å². The SMILES string of the molecule is CC/C(=C\c1c(C)nn(C)c1-n1ccc2ccc(OCC3CC3)cc21)C(=O)O. The highest BCUT2D eigenvalue weighted by Gasteiger charge is 2.22. The van der Waals surface area contributed by atoms with Crippen molar-refractivity contribution in [3.8, 4) is 11.6 Å². The molecule has 4 rings (SSSR count). The number of hydrogen-bond acceptors (Lipinski definition) is 3. The number of nitrogens with zero attached hydrogens (tertiary/aromatic N) is 3. The van der Waals surface area contributed by atoms with Gasteiger partial charge in [-0.3, -0.25) is 4.68 Å². The molecule has 6 heteroatoms. The Hall–Kier alpha value is -3.02. The fourth-order valence-electron chi connectivity index (χ4n) is 3.49. The van der Waals surface area contributed by atoms with Crippen molar-refractivity contribution in [2.45, 2.75) is 33.1 Å². The molecule has 0 saturated heterocycles. The summed E-state index contributed by atoms with van der Waals surface area (Å²) in [4.78, 5) is 11.5. The number of carboxylic acids is 1. The molecule has 1 aliphatic carbocycles. The summed E-state index contributed by atoms with van der Waals surface area (Å²) in [6.45, 7) is 4.52. The Balaban J connectivity index is 1.81. The van der Waals surface area contributed by atoms with Crippen LogP contribution in [0.5, 0.6) is 5.75 Å². The van der Waals surface area contributed by atoms with Crippen molar-refractivity contribution in [2.24, 2.45) is 13.0 Å². The molecule has 1 fully saturated rings. The molecule has 2 heterocycles. The van der Waals surface area contributed by atoms with Crippen LogP contribution in [0.3, 0.4) is 0 Å². The predicted molar refractivity (Wildman–Crippen MR) is 109 cm³/mol. The minimum atomic E-state index is -0.898. The van der Waals surface area contributed by atoms with Crippen LogP contribution < -0.4 is 4.74 Å². The summed E-state index contributed by atoms with van der Waals surface area (Å²) < 4.78 is 9.81. The lowest BCUT2D eigenvalue weighted by Crippen LogP contribution is -2.04. The average Bonchev–Trinajstić information content (AvgIpc) is 3.35. The zero-order chi connectivity index (χ0) is 19.8. The summed E-state index contributed by atoms with van der Waals surface area (Å²) >= 11 is 0. The molecule has 1 saturated carbocycles. The van der Waals surface area contributed by atoms with Gasteiger partial charge in [0.25, 0.3) is 0 Å². The lowest BCUT2D eigenvalue weighted by atomic mass is 10.1. The quantitative estimate of drug-likeness (QED) is 0.620. The topological polar surface area (TPSA) is 69.3 Å². The second kappa shape index (κ2) is 7.19. The van der Waals surface area contributed by atoms with Crippen molar-refractivity contribution in [1.82, 2.24) is 14.3 Å². The molecule has 0 bridgehead atoms. The minimum absolute atomic E-state index is 0.363. The Kier molecular flexibility index (Phi) is 4.71. The van der Waals surface area contributed by atoms with Crippen LogP contribution in [0.4, 0.5) is 0 Å². The molecular weight excluding hydrogens is 354 g/mol. The smallest absolute Gasteiger partial charge is 0.331 e. The highest BCUT2D eigenvalue weighted by Crippen LogP contribution is 2.32. The second-order valence-corrected chi connectivity index (χ2v) is 7.44. The van der Waals surface area contributed by atoms with E-state index in [9.17, 15) is 9.90 Å². The van der Waals surface area contributed by atoms with Crippen LogP contribution in [0.2, 0.25) is 0 Å². The van der Waals surface area contributed by atoms with E-state index in [1.165, 1.54) is 12.8 Å². The van der Waals surface area contributed by atoms with Crippen molar-refractivity contribution in [2.75, 3.05) is 6.61 Å². The number of aromatic nitrogens is 3. The molecule has 0 radical (unpaired) electrons. The first-order chi connectivity index (χ1) is 13.5. The first-order valence-electron chi connectivity index (χ1n) is 9.69. The molecule has 0 aliphatic heterocycles. The van der Waals surface area contributed by atoms with Gasteiger partial charge in [-0.05, 0) is 56.4 Å². The summed E-state index contributed by atoms with van der Waals surface area (Å²) in [6.07, 6.45) is 6.70. The molecule has 3 aromatic rings. The van der Waals surface area contributed by atoms with E-state index in [1.54, 1.807) is 10.8 Å². The van der Waals surface area contributed by atoms with Gasteiger partial charge in [0.2, 0.25) is 0 Å². The van der Waals surface area contributed by atoms with Crippen molar-refractivity contribution < 1.29 is 14.6 Å². The van der Waals surface area contributed by atoms with Crippen LogP contribution in [0.15, 0.2) is 36.0 Å². The van der Waals surface area contributed by atoms with Gasteiger partial charge in [-0.25, -0.2) is 4.79 Å². The monoisotopic (exact) mass is 379 g/mol. The molecular formula is C22H25N3O3. The Morgan fingerprint density at radius 2 is 2.14 bits per heavy atom. The van der Waals surface area contributed by atoms with Crippen LogP contribution >= 0.6 is 0 Å². The predicted octanol–water partition coefficient (Wildman–Crippen LogP) is 4.34. The Labute approximate surface area is 164 Å². The third kappa shape index (κ3) is 3.42. The van der Waals surface area contributed by atoms with Gasteiger partial charge in [-0.1, -0.05) is 6.92 Å². The highest BCUT2D eigenvalue weighted by atomic mass is 16.5. The maximum absolute atomic E-state index is 11.5. The molecule has 0 amide bonds. The average molecular weight is 379 g/mol. The number of fused-ring (bicyclic) bond motifs is 1. The largest absolute Gasteiger partial charge is 0.493 e. The lowest BCUT2D eigenvalue weighted by molar-refractivity contribution is -0.132. The summed E-state index contributed by atoms with van der Waals surface area (Å²) in [5, 5.41) is 15.1. The second-order valence-electron chi connectivity index (χ2n) is 7.44. The van der Waals surface area contributed by atoms with Crippen molar-refractivity contribution in [1.29, 1.82) is 0 Å². The number of carbonyl (C=O) groups is 1. The van der Waals surface area contributed by atoms with Crippen LogP contribution in [0.1, 0.15) is 37.4 Å². The number of aliphatic carboxylic acids is 1. The maximum atomic E-state index is 11.5. The van der Waals surface area contributed by atoms with Gasteiger partial charge in [-0.15, -0.1) is 0 Å². The molecule has 1 aliphatic rings. The van der Waals surface area contributed by atoms with Crippen molar-refractivity contribution in [3.63, 3.8) is 0 Å². The third-order valence-corrected chi connectivity index (χ3v) is 5.29. The van der Waals surface area contributed by atoms with E-state index in [2.05, 4.69) is 15.7 Å². The fraction of sp³-hybridized carbons (Fsp3) is 0.364. The fourth-order valence-corrected chi connectivity index (χ4v) is 3.49. The Morgan fingerprint density at radius 1 is 1.36 bits per heavy atom. The number of rotatable bonds is 7. The van der Waals surface area contributed by atoms with Gasteiger partial charge in [0.15, 0.2) is 0 Å². The van der Waals surface area contributed by atoms with E-state index in [0.29, 0.717) is 17.9 Å². The van der Waals surface area contributed by atoms with Gasteiger partial charge in [0, 0.05) is 35.8 Å². The Morgan fingerprint density at radius 3 is 2.82 bits per heavy atom. The van der Waals surface area contributed by atoms with E-state index >= 15 is 0 Å². The zero-order valence-electron chi connectivity index (χ0n) is 16.5.